The average molecular weight is 174 g/mol. The molecule has 1 heterocycles. The van der Waals surface area contributed by atoms with Gasteiger partial charge in [-0.3, -0.25) is 4.79 Å². The maximum Gasteiger partial charge on any atom is 0.378 e. The number of cyclic esters (lactones) is 1. The first-order chi connectivity index (χ1) is 5.57. The van der Waals surface area contributed by atoms with Crippen molar-refractivity contribution in [2.45, 2.75) is 6.10 Å². The van der Waals surface area contributed by atoms with Gasteiger partial charge in [-0.1, -0.05) is 0 Å². The van der Waals surface area contributed by atoms with Gasteiger partial charge >= 0.3 is 5.97 Å². The molecule has 0 aromatic carbocycles. The van der Waals surface area contributed by atoms with Crippen molar-refractivity contribution in [1.29, 1.82) is 0 Å². The second kappa shape index (κ2) is 2.82. The van der Waals surface area contributed by atoms with Gasteiger partial charge in [0.15, 0.2) is 6.10 Å². The van der Waals surface area contributed by atoms with Gasteiger partial charge in [-0.05, 0) is 0 Å². The number of ether oxygens (including phenoxy) is 1. The van der Waals surface area contributed by atoms with E-state index >= 15 is 0 Å². The summed E-state index contributed by atoms with van der Waals surface area (Å²) in [5.41, 5.74) is 0. The summed E-state index contributed by atoms with van der Waals surface area (Å²) in [4.78, 5) is 21.4. The molecule has 0 fully saturated rings. The van der Waals surface area contributed by atoms with Gasteiger partial charge < -0.3 is 20.1 Å². The number of aliphatic hydroxyl groups is 3. The van der Waals surface area contributed by atoms with Crippen LogP contribution in [0, 0.1) is 0 Å². The third kappa shape index (κ3) is 1.12. The number of esters is 1. The van der Waals surface area contributed by atoms with Gasteiger partial charge in [-0.15, -0.1) is 0 Å². The SMILES string of the molecule is O=C1OC(CO)C(=O)C(O)=C1O. The van der Waals surface area contributed by atoms with Crippen LogP contribution in [0.5, 0.6) is 0 Å². The minimum atomic E-state index is -1.41. The van der Waals surface area contributed by atoms with Crippen molar-refractivity contribution in [3.8, 4) is 0 Å². The number of Topliss-reactive ketones (excluding diaryl/α,β-unsaturated/α-hetero) is 1. The lowest BCUT2D eigenvalue weighted by Gasteiger charge is -2.18. The molecule has 1 aliphatic heterocycles. The second-order valence-corrected chi connectivity index (χ2v) is 2.14. The average Bonchev–Trinajstić information content (AvgIpc) is 2.08. The van der Waals surface area contributed by atoms with E-state index in [4.69, 9.17) is 15.3 Å². The van der Waals surface area contributed by atoms with Crippen molar-refractivity contribution >= 4 is 11.8 Å². The second-order valence-electron chi connectivity index (χ2n) is 2.14. The molecule has 1 atom stereocenters. The minimum absolute atomic E-state index is 0.720. The number of carbonyl (C=O) groups is 2. The first kappa shape index (κ1) is 8.54. The van der Waals surface area contributed by atoms with Crippen LogP contribution in [-0.2, 0) is 14.3 Å². The predicted octanol–water partition coefficient (Wildman–Crippen LogP) is -1.20. The fourth-order valence-corrected chi connectivity index (χ4v) is 0.725. The Morgan fingerprint density at radius 3 is 2.33 bits per heavy atom. The van der Waals surface area contributed by atoms with Crippen molar-refractivity contribution in [1.82, 2.24) is 0 Å². The van der Waals surface area contributed by atoms with Gasteiger partial charge in [-0.2, -0.15) is 0 Å². The van der Waals surface area contributed by atoms with E-state index in [0.29, 0.717) is 0 Å². The minimum Gasteiger partial charge on any atom is -0.502 e. The van der Waals surface area contributed by atoms with Crippen molar-refractivity contribution in [2.75, 3.05) is 6.61 Å². The van der Waals surface area contributed by atoms with Crippen LogP contribution >= 0.6 is 0 Å². The van der Waals surface area contributed by atoms with Crippen molar-refractivity contribution in [2.24, 2.45) is 0 Å². The molecule has 1 rings (SSSR count). The number of rotatable bonds is 1. The fraction of sp³-hybridized carbons (Fsp3) is 0.333. The van der Waals surface area contributed by atoms with E-state index in [0.717, 1.165) is 0 Å². The molecule has 1 aliphatic rings. The number of hydrogen-bond acceptors (Lipinski definition) is 6. The van der Waals surface area contributed by atoms with Crippen molar-refractivity contribution in [3.63, 3.8) is 0 Å². The van der Waals surface area contributed by atoms with E-state index in [1.165, 1.54) is 0 Å². The summed E-state index contributed by atoms with van der Waals surface area (Å²) in [5, 5.41) is 25.9. The Bertz CT molecular complexity index is 265. The molecule has 66 valence electrons. The van der Waals surface area contributed by atoms with Crippen LogP contribution in [-0.4, -0.2) is 39.8 Å². The van der Waals surface area contributed by atoms with Crippen LogP contribution in [0.3, 0.4) is 0 Å². The highest BCUT2D eigenvalue weighted by atomic mass is 16.6. The van der Waals surface area contributed by atoms with Crippen molar-refractivity contribution < 1.29 is 29.6 Å². The molecule has 0 aromatic heterocycles. The number of ketones is 1. The maximum atomic E-state index is 10.8. The van der Waals surface area contributed by atoms with Crippen LogP contribution < -0.4 is 0 Å². The molecule has 0 aromatic rings. The molecule has 0 spiro atoms. The summed E-state index contributed by atoms with van der Waals surface area (Å²) in [6.45, 7) is -0.720. The standard InChI is InChI=1S/C6H6O6/c7-1-2-3(8)4(9)5(10)6(11)12-2/h2,7,9-10H,1H2. The highest BCUT2D eigenvalue weighted by molar-refractivity contribution is 6.07. The molecule has 12 heavy (non-hydrogen) atoms. The smallest absolute Gasteiger partial charge is 0.378 e. The molecule has 0 saturated carbocycles. The van der Waals surface area contributed by atoms with E-state index in [2.05, 4.69) is 4.74 Å². The van der Waals surface area contributed by atoms with Crippen LogP contribution in [0.1, 0.15) is 0 Å². The van der Waals surface area contributed by atoms with Gasteiger partial charge in [0.25, 0.3) is 0 Å². The molecule has 6 nitrogen and oxygen atoms in total. The summed E-state index contributed by atoms with van der Waals surface area (Å²) in [5.74, 6) is -4.41. The third-order valence-corrected chi connectivity index (χ3v) is 1.36. The van der Waals surface area contributed by atoms with Gasteiger partial charge in [0.2, 0.25) is 17.3 Å². The zero-order valence-electron chi connectivity index (χ0n) is 5.85. The Labute approximate surface area is 66.7 Å². The summed E-state index contributed by atoms with van der Waals surface area (Å²) in [6.07, 6.45) is -1.41. The van der Waals surface area contributed by atoms with E-state index in [1.807, 2.05) is 0 Å². The molecule has 1 unspecified atom stereocenters. The monoisotopic (exact) mass is 174 g/mol. The van der Waals surface area contributed by atoms with Crippen LogP contribution in [0.15, 0.2) is 11.5 Å². The molecular formula is C6H6O6. The molecule has 6 heteroatoms. The first-order valence-corrected chi connectivity index (χ1v) is 3.06. The Morgan fingerprint density at radius 2 is 1.83 bits per heavy atom. The van der Waals surface area contributed by atoms with Gasteiger partial charge in [0.05, 0.1) is 6.61 Å². The van der Waals surface area contributed by atoms with E-state index in [-0.39, 0.29) is 0 Å². The van der Waals surface area contributed by atoms with Crippen molar-refractivity contribution in [3.05, 3.63) is 11.5 Å². The molecule has 0 aliphatic carbocycles. The Balaban J connectivity index is 3.01. The molecule has 0 saturated heterocycles. The first-order valence-electron chi connectivity index (χ1n) is 3.06. The Morgan fingerprint density at radius 1 is 1.25 bits per heavy atom. The number of hydrogen-bond donors (Lipinski definition) is 3. The third-order valence-electron chi connectivity index (χ3n) is 1.36. The Kier molecular flexibility index (Phi) is 2.01. The molecule has 0 amide bonds. The number of carbonyl (C=O) groups excluding carboxylic acids is 2. The zero-order valence-corrected chi connectivity index (χ0v) is 5.85. The normalized spacial score (nSPS) is 24.2. The highest BCUT2D eigenvalue weighted by Crippen LogP contribution is 2.13. The lowest BCUT2D eigenvalue weighted by molar-refractivity contribution is -0.159. The fourth-order valence-electron chi connectivity index (χ4n) is 0.725. The Hall–Kier alpha value is -1.56. The van der Waals surface area contributed by atoms with Gasteiger partial charge in [0.1, 0.15) is 0 Å². The lowest BCUT2D eigenvalue weighted by Crippen LogP contribution is -2.37. The molecule has 0 radical (unpaired) electrons. The molecule has 0 bridgehead atoms. The van der Waals surface area contributed by atoms with E-state index < -0.39 is 36.0 Å². The van der Waals surface area contributed by atoms with E-state index in [1.54, 1.807) is 0 Å². The maximum absolute atomic E-state index is 10.8. The quantitative estimate of drug-likeness (QED) is 0.431. The van der Waals surface area contributed by atoms with Gasteiger partial charge in [0, 0.05) is 0 Å². The summed E-state index contributed by atoms with van der Waals surface area (Å²) in [6, 6.07) is 0. The summed E-state index contributed by atoms with van der Waals surface area (Å²) >= 11 is 0. The topological polar surface area (TPSA) is 104 Å². The largest absolute Gasteiger partial charge is 0.502 e. The van der Waals surface area contributed by atoms with Gasteiger partial charge in [-0.25, -0.2) is 4.79 Å². The van der Waals surface area contributed by atoms with Crippen LogP contribution in [0.25, 0.3) is 0 Å². The van der Waals surface area contributed by atoms with E-state index in [9.17, 15) is 9.59 Å². The van der Waals surface area contributed by atoms with Crippen LogP contribution in [0.4, 0.5) is 0 Å². The lowest BCUT2D eigenvalue weighted by atomic mass is 10.1. The highest BCUT2D eigenvalue weighted by Gasteiger charge is 2.36. The van der Waals surface area contributed by atoms with Crippen LogP contribution in [0.2, 0.25) is 0 Å². The predicted molar refractivity (Wildman–Crippen MR) is 34.3 cm³/mol. The molecular weight excluding hydrogens is 168 g/mol. The summed E-state index contributed by atoms with van der Waals surface area (Å²) < 4.78 is 4.22. The summed E-state index contributed by atoms with van der Waals surface area (Å²) in [7, 11) is 0. The zero-order chi connectivity index (χ0) is 9.30. The number of aliphatic hydroxyl groups excluding tert-OH is 3. The molecule has 3 N–H and O–H groups in total.